The molecule has 0 bridgehead atoms. The van der Waals surface area contributed by atoms with Crippen LogP contribution in [0.3, 0.4) is 0 Å². The second-order valence-electron chi connectivity index (χ2n) is 7.08. The summed E-state index contributed by atoms with van der Waals surface area (Å²) in [5.41, 5.74) is 0. The molecular weight excluding hydrogens is 290 g/mol. The molecule has 1 aliphatic heterocycles. The van der Waals surface area contributed by atoms with Gasteiger partial charge in [-0.05, 0) is 38.1 Å². The van der Waals surface area contributed by atoms with Gasteiger partial charge in [0.1, 0.15) is 12.7 Å². The molecule has 0 aromatic carbocycles. The van der Waals surface area contributed by atoms with Crippen molar-refractivity contribution in [1.82, 2.24) is 25.0 Å². The van der Waals surface area contributed by atoms with E-state index in [1.54, 1.807) is 11.0 Å². The maximum absolute atomic E-state index is 12.1. The number of rotatable bonds is 6. The third-order valence-corrected chi connectivity index (χ3v) is 5.15. The van der Waals surface area contributed by atoms with E-state index < -0.39 is 0 Å². The Morgan fingerprint density at radius 2 is 2.04 bits per heavy atom. The Kier molecular flexibility index (Phi) is 6.02. The minimum Gasteiger partial charge on any atom is -0.352 e. The van der Waals surface area contributed by atoms with E-state index in [4.69, 9.17) is 0 Å². The number of amides is 1. The lowest BCUT2D eigenvalue weighted by Gasteiger charge is -2.36. The smallest absolute Gasteiger partial charge is 0.222 e. The van der Waals surface area contributed by atoms with Crippen LogP contribution in [0.5, 0.6) is 0 Å². The Morgan fingerprint density at radius 3 is 2.83 bits per heavy atom. The largest absolute Gasteiger partial charge is 0.352 e. The van der Waals surface area contributed by atoms with Gasteiger partial charge in [0.25, 0.3) is 0 Å². The van der Waals surface area contributed by atoms with E-state index in [1.807, 2.05) is 0 Å². The van der Waals surface area contributed by atoms with Crippen LogP contribution in [0, 0.1) is 5.92 Å². The van der Waals surface area contributed by atoms with Crippen LogP contribution >= 0.6 is 0 Å². The number of hydrogen-bond acceptors (Lipinski definition) is 4. The second kappa shape index (κ2) is 8.43. The van der Waals surface area contributed by atoms with Crippen molar-refractivity contribution in [2.45, 2.75) is 64.0 Å². The van der Waals surface area contributed by atoms with Crippen LogP contribution in [0.2, 0.25) is 0 Å². The van der Waals surface area contributed by atoms with Crippen LogP contribution in [-0.2, 0) is 11.3 Å². The van der Waals surface area contributed by atoms with Gasteiger partial charge in [-0.3, -0.25) is 9.48 Å². The van der Waals surface area contributed by atoms with Crippen LogP contribution in [-0.4, -0.2) is 51.2 Å². The molecule has 3 rings (SSSR count). The third-order valence-electron chi connectivity index (χ3n) is 5.15. The van der Waals surface area contributed by atoms with E-state index in [0.29, 0.717) is 19.0 Å². The van der Waals surface area contributed by atoms with Crippen molar-refractivity contribution in [3.63, 3.8) is 0 Å². The first kappa shape index (κ1) is 16.4. The van der Waals surface area contributed by atoms with Gasteiger partial charge in [0.05, 0.1) is 6.54 Å². The lowest BCUT2D eigenvalue weighted by Crippen LogP contribution is -2.49. The quantitative estimate of drug-likeness (QED) is 0.869. The standard InChI is InChI=1S/C17H29N5O/c23-17(8-10-22-14-18-13-19-22)20-16-7-4-9-21(12-16)11-15-5-2-1-3-6-15/h13-16H,1-12H2,(H,20,23)/t16-/m0/s1. The van der Waals surface area contributed by atoms with Crippen LogP contribution in [0.15, 0.2) is 12.7 Å². The van der Waals surface area contributed by atoms with Gasteiger partial charge in [-0.1, -0.05) is 19.3 Å². The Balaban J connectivity index is 1.38. The van der Waals surface area contributed by atoms with Crippen LogP contribution in [0.4, 0.5) is 0 Å². The van der Waals surface area contributed by atoms with Gasteiger partial charge < -0.3 is 10.2 Å². The summed E-state index contributed by atoms with van der Waals surface area (Å²) < 4.78 is 1.70. The normalized spacial score (nSPS) is 23.7. The number of carbonyl (C=O) groups is 1. The lowest BCUT2D eigenvalue weighted by atomic mass is 9.88. The number of likely N-dealkylation sites (tertiary alicyclic amines) is 1. The average Bonchev–Trinajstić information content (AvgIpc) is 3.08. The molecule has 6 nitrogen and oxygen atoms in total. The van der Waals surface area contributed by atoms with Crippen LogP contribution in [0.1, 0.15) is 51.4 Å². The summed E-state index contributed by atoms with van der Waals surface area (Å²) >= 11 is 0. The molecule has 2 fully saturated rings. The highest BCUT2D eigenvalue weighted by atomic mass is 16.1. The number of aromatic nitrogens is 3. The fourth-order valence-corrected chi connectivity index (χ4v) is 3.94. The van der Waals surface area contributed by atoms with Crippen molar-refractivity contribution in [2.75, 3.05) is 19.6 Å². The minimum absolute atomic E-state index is 0.130. The van der Waals surface area contributed by atoms with Crippen molar-refractivity contribution in [3.8, 4) is 0 Å². The Labute approximate surface area is 138 Å². The molecule has 128 valence electrons. The van der Waals surface area contributed by atoms with E-state index in [9.17, 15) is 4.79 Å². The first-order valence-electron chi connectivity index (χ1n) is 9.14. The zero-order chi connectivity index (χ0) is 15.9. The molecule has 1 saturated heterocycles. The molecule has 23 heavy (non-hydrogen) atoms. The molecule has 2 aliphatic rings. The summed E-state index contributed by atoms with van der Waals surface area (Å²) in [5.74, 6) is 1.01. The summed E-state index contributed by atoms with van der Waals surface area (Å²) in [5, 5.41) is 7.24. The van der Waals surface area contributed by atoms with E-state index >= 15 is 0 Å². The first-order valence-corrected chi connectivity index (χ1v) is 9.14. The predicted molar refractivity (Wildman–Crippen MR) is 88.8 cm³/mol. The average molecular weight is 319 g/mol. The Morgan fingerprint density at radius 1 is 1.17 bits per heavy atom. The molecule has 1 aromatic rings. The van der Waals surface area contributed by atoms with Gasteiger partial charge in [-0.15, -0.1) is 0 Å². The first-order chi connectivity index (χ1) is 11.3. The Bertz CT molecular complexity index is 469. The summed E-state index contributed by atoms with van der Waals surface area (Å²) in [4.78, 5) is 18.6. The molecule has 0 unspecified atom stereocenters. The third kappa shape index (κ3) is 5.30. The highest BCUT2D eigenvalue weighted by Crippen LogP contribution is 2.25. The maximum Gasteiger partial charge on any atom is 0.222 e. The van der Waals surface area contributed by atoms with Crippen molar-refractivity contribution < 1.29 is 4.79 Å². The van der Waals surface area contributed by atoms with E-state index in [-0.39, 0.29) is 5.91 Å². The predicted octanol–water partition coefficient (Wildman–Crippen LogP) is 1.83. The van der Waals surface area contributed by atoms with Crippen LogP contribution < -0.4 is 5.32 Å². The molecule has 0 radical (unpaired) electrons. The number of nitrogens with zero attached hydrogens (tertiary/aromatic N) is 4. The van der Waals surface area contributed by atoms with Gasteiger partial charge in [-0.25, -0.2) is 4.98 Å². The monoisotopic (exact) mass is 319 g/mol. The zero-order valence-electron chi connectivity index (χ0n) is 14.0. The molecule has 1 aliphatic carbocycles. The molecule has 1 amide bonds. The molecule has 6 heteroatoms. The summed E-state index contributed by atoms with van der Waals surface area (Å²) in [6.45, 7) is 4.04. The number of carbonyl (C=O) groups excluding carboxylic acids is 1. The molecule has 0 spiro atoms. The van der Waals surface area contributed by atoms with Crippen molar-refractivity contribution in [2.24, 2.45) is 5.92 Å². The fourth-order valence-electron chi connectivity index (χ4n) is 3.94. The number of piperidine rings is 1. The van der Waals surface area contributed by atoms with E-state index in [0.717, 1.165) is 18.9 Å². The SMILES string of the molecule is O=C(CCn1cncn1)N[C@H]1CCCN(CC2CCCCC2)C1. The van der Waals surface area contributed by atoms with Gasteiger partial charge in [-0.2, -0.15) is 5.10 Å². The molecule has 2 heterocycles. The van der Waals surface area contributed by atoms with Crippen LogP contribution in [0.25, 0.3) is 0 Å². The van der Waals surface area contributed by atoms with Gasteiger partial charge in [0, 0.05) is 25.6 Å². The molecular formula is C17H29N5O. The lowest BCUT2D eigenvalue weighted by molar-refractivity contribution is -0.122. The summed E-state index contributed by atoms with van der Waals surface area (Å²) in [6, 6.07) is 0.315. The Hall–Kier alpha value is -1.43. The maximum atomic E-state index is 12.1. The number of aryl methyl sites for hydroxylation is 1. The number of hydrogen-bond donors (Lipinski definition) is 1. The molecule has 1 atom stereocenters. The molecule has 1 N–H and O–H groups in total. The van der Waals surface area contributed by atoms with Gasteiger partial charge in [0.2, 0.25) is 5.91 Å². The minimum atomic E-state index is 0.130. The summed E-state index contributed by atoms with van der Waals surface area (Å²) in [7, 11) is 0. The fraction of sp³-hybridized carbons (Fsp3) is 0.824. The molecule has 1 aromatic heterocycles. The van der Waals surface area contributed by atoms with E-state index in [1.165, 1.54) is 57.9 Å². The number of nitrogens with one attached hydrogen (secondary N) is 1. The van der Waals surface area contributed by atoms with Gasteiger partial charge in [0.15, 0.2) is 0 Å². The second-order valence-corrected chi connectivity index (χ2v) is 7.08. The van der Waals surface area contributed by atoms with Gasteiger partial charge >= 0.3 is 0 Å². The zero-order valence-corrected chi connectivity index (χ0v) is 14.0. The van der Waals surface area contributed by atoms with Crippen molar-refractivity contribution in [1.29, 1.82) is 0 Å². The topological polar surface area (TPSA) is 63.1 Å². The summed E-state index contributed by atoms with van der Waals surface area (Å²) in [6.07, 6.45) is 12.9. The van der Waals surface area contributed by atoms with Crippen molar-refractivity contribution in [3.05, 3.63) is 12.7 Å². The van der Waals surface area contributed by atoms with E-state index in [2.05, 4.69) is 20.3 Å². The highest BCUT2D eigenvalue weighted by Gasteiger charge is 2.24. The van der Waals surface area contributed by atoms with Crippen molar-refractivity contribution >= 4 is 5.91 Å². The highest BCUT2D eigenvalue weighted by molar-refractivity contribution is 5.76. The molecule has 1 saturated carbocycles.